The second-order valence-electron chi connectivity index (χ2n) is 13.4. The molecule has 0 aliphatic carbocycles. The van der Waals surface area contributed by atoms with Crippen molar-refractivity contribution >= 4 is 5.97 Å². The number of fused-ring (bicyclic) bond motifs is 1. The van der Waals surface area contributed by atoms with Crippen LogP contribution in [0.5, 0.6) is 17.2 Å². The molecule has 228 valence electrons. The van der Waals surface area contributed by atoms with Crippen LogP contribution in [0.15, 0.2) is 30.3 Å². The van der Waals surface area contributed by atoms with Gasteiger partial charge in [0.1, 0.15) is 22.8 Å². The topological polar surface area (TPSA) is 44.8 Å². The Balaban J connectivity index is 1.49. The average Bonchev–Trinajstić information content (AvgIpc) is 2.91. The van der Waals surface area contributed by atoms with E-state index in [1.165, 1.54) is 56.9 Å². The Bertz CT molecular complexity index is 1100. The van der Waals surface area contributed by atoms with E-state index in [1.54, 1.807) is 12.1 Å². The maximum atomic E-state index is 12.0. The number of benzene rings is 2. The van der Waals surface area contributed by atoms with Crippen LogP contribution >= 0.6 is 0 Å². The predicted molar refractivity (Wildman–Crippen MR) is 170 cm³/mol. The highest BCUT2D eigenvalue weighted by molar-refractivity contribution is 5.89. The molecule has 41 heavy (non-hydrogen) atoms. The molecule has 2 aromatic carbocycles. The molecule has 0 saturated carbocycles. The lowest BCUT2D eigenvalue weighted by Gasteiger charge is -2.37. The van der Waals surface area contributed by atoms with Crippen molar-refractivity contribution in [2.75, 3.05) is 6.61 Å². The fraction of sp³-hybridized carbons (Fsp3) is 0.649. The summed E-state index contributed by atoms with van der Waals surface area (Å²) in [4.78, 5) is 12.0. The van der Waals surface area contributed by atoms with E-state index in [0.29, 0.717) is 17.9 Å². The fourth-order valence-corrected chi connectivity index (χ4v) is 6.20. The smallest absolute Gasteiger partial charge is 0.338 e. The lowest BCUT2D eigenvalue weighted by Crippen LogP contribution is -2.36. The Morgan fingerprint density at radius 3 is 2.15 bits per heavy atom. The molecular formula is C37H56O4. The van der Waals surface area contributed by atoms with E-state index in [0.717, 1.165) is 59.6 Å². The first-order chi connectivity index (χ1) is 19.5. The third kappa shape index (κ3) is 10.1. The second-order valence-corrected chi connectivity index (χ2v) is 13.4. The van der Waals surface area contributed by atoms with Gasteiger partial charge in [0, 0.05) is 5.56 Å². The van der Waals surface area contributed by atoms with Gasteiger partial charge in [-0.1, -0.05) is 72.6 Å². The van der Waals surface area contributed by atoms with Gasteiger partial charge < -0.3 is 14.2 Å². The number of aryl methyl sites for hydroxylation is 1. The van der Waals surface area contributed by atoms with Crippen molar-refractivity contribution in [2.45, 2.75) is 132 Å². The van der Waals surface area contributed by atoms with Crippen LogP contribution in [0.3, 0.4) is 0 Å². The molecule has 3 atom stereocenters. The highest BCUT2D eigenvalue weighted by Crippen LogP contribution is 2.43. The van der Waals surface area contributed by atoms with E-state index in [-0.39, 0.29) is 11.6 Å². The summed E-state index contributed by atoms with van der Waals surface area (Å²) in [5.41, 5.74) is 3.88. The van der Waals surface area contributed by atoms with Crippen molar-refractivity contribution in [3.63, 3.8) is 0 Å². The van der Waals surface area contributed by atoms with E-state index in [1.807, 2.05) is 19.1 Å². The van der Waals surface area contributed by atoms with Crippen molar-refractivity contribution in [2.24, 2.45) is 17.8 Å². The quantitative estimate of drug-likeness (QED) is 0.190. The van der Waals surface area contributed by atoms with Crippen molar-refractivity contribution in [3.05, 3.63) is 52.6 Å². The molecule has 0 amide bonds. The van der Waals surface area contributed by atoms with Gasteiger partial charge in [-0.25, -0.2) is 4.79 Å². The van der Waals surface area contributed by atoms with Gasteiger partial charge in [-0.05, 0) is 113 Å². The maximum absolute atomic E-state index is 12.0. The van der Waals surface area contributed by atoms with Crippen LogP contribution < -0.4 is 9.47 Å². The molecule has 1 aliphatic heterocycles. The third-order valence-corrected chi connectivity index (χ3v) is 8.92. The molecule has 0 radical (unpaired) electrons. The van der Waals surface area contributed by atoms with Crippen LogP contribution in [0.25, 0.3) is 0 Å². The molecule has 1 heterocycles. The molecule has 2 aromatic rings. The van der Waals surface area contributed by atoms with Crippen molar-refractivity contribution < 1.29 is 19.0 Å². The standard InChI is InChI=1S/C37H56O4/c1-9-39-36(38)31-18-20-32(21-19-31)40-35-29(6)25-34-33(30(35)7)22-24-37(8,41-34)23-12-17-28(5)16-11-15-27(4)14-10-13-26(2)3/h18-21,25-28H,9-17,22-24H2,1-8H3. The Kier molecular flexibility index (Phi) is 12.6. The zero-order valence-electron chi connectivity index (χ0n) is 27.2. The molecule has 0 fully saturated rings. The van der Waals surface area contributed by atoms with Crippen LogP contribution in [0, 0.1) is 31.6 Å². The average molecular weight is 565 g/mol. The summed E-state index contributed by atoms with van der Waals surface area (Å²) >= 11 is 0. The summed E-state index contributed by atoms with van der Waals surface area (Å²) in [5, 5.41) is 0. The zero-order chi connectivity index (χ0) is 30.0. The Labute approximate surface area is 250 Å². The highest BCUT2D eigenvalue weighted by Gasteiger charge is 2.33. The van der Waals surface area contributed by atoms with E-state index in [4.69, 9.17) is 14.2 Å². The number of hydrogen-bond donors (Lipinski definition) is 0. The van der Waals surface area contributed by atoms with Gasteiger partial charge in [0.05, 0.1) is 12.2 Å². The molecule has 3 unspecified atom stereocenters. The molecule has 1 aliphatic rings. The molecule has 0 saturated heterocycles. The van der Waals surface area contributed by atoms with Crippen LogP contribution in [0.2, 0.25) is 0 Å². The molecular weight excluding hydrogens is 508 g/mol. The minimum absolute atomic E-state index is 0.109. The highest BCUT2D eigenvalue weighted by atomic mass is 16.5. The van der Waals surface area contributed by atoms with E-state index >= 15 is 0 Å². The second kappa shape index (κ2) is 15.7. The van der Waals surface area contributed by atoms with Crippen LogP contribution in [0.1, 0.15) is 133 Å². The summed E-state index contributed by atoms with van der Waals surface area (Å²) in [6, 6.07) is 9.30. The Morgan fingerprint density at radius 1 is 0.927 bits per heavy atom. The Hall–Kier alpha value is -2.49. The van der Waals surface area contributed by atoms with Crippen molar-refractivity contribution in [1.29, 1.82) is 0 Å². The first kappa shape index (κ1) is 33.0. The maximum Gasteiger partial charge on any atom is 0.338 e. The monoisotopic (exact) mass is 564 g/mol. The molecule has 0 aromatic heterocycles. The number of carbonyl (C=O) groups is 1. The third-order valence-electron chi connectivity index (χ3n) is 8.92. The summed E-state index contributed by atoms with van der Waals surface area (Å²) in [6.45, 7) is 18.2. The molecule has 0 N–H and O–H groups in total. The first-order valence-electron chi connectivity index (χ1n) is 16.3. The lowest BCUT2D eigenvalue weighted by atomic mass is 9.85. The summed E-state index contributed by atoms with van der Waals surface area (Å²) in [5.74, 6) is 4.77. The number of rotatable bonds is 16. The van der Waals surface area contributed by atoms with Crippen LogP contribution in [-0.4, -0.2) is 18.2 Å². The Morgan fingerprint density at radius 2 is 1.54 bits per heavy atom. The van der Waals surface area contributed by atoms with Gasteiger partial charge in [-0.3, -0.25) is 0 Å². The molecule has 0 bridgehead atoms. The van der Waals surface area contributed by atoms with Gasteiger partial charge in [0.2, 0.25) is 0 Å². The fourth-order valence-electron chi connectivity index (χ4n) is 6.20. The molecule has 0 spiro atoms. The number of esters is 1. The van der Waals surface area contributed by atoms with Gasteiger partial charge in [-0.15, -0.1) is 0 Å². The normalized spacial score (nSPS) is 18.0. The molecule has 4 heteroatoms. The van der Waals surface area contributed by atoms with Gasteiger partial charge in [0.15, 0.2) is 0 Å². The van der Waals surface area contributed by atoms with E-state index in [9.17, 15) is 4.79 Å². The van der Waals surface area contributed by atoms with E-state index < -0.39 is 0 Å². The molecule has 3 rings (SSSR count). The summed E-state index contributed by atoms with van der Waals surface area (Å²) < 4.78 is 18.1. The van der Waals surface area contributed by atoms with Crippen molar-refractivity contribution in [1.82, 2.24) is 0 Å². The van der Waals surface area contributed by atoms with Gasteiger partial charge in [0.25, 0.3) is 0 Å². The van der Waals surface area contributed by atoms with Crippen LogP contribution in [0.4, 0.5) is 0 Å². The van der Waals surface area contributed by atoms with E-state index in [2.05, 4.69) is 54.5 Å². The lowest BCUT2D eigenvalue weighted by molar-refractivity contribution is 0.0517. The van der Waals surface area contributed by atoms with Gasteiger partial charge in [-0.2, -0.15) is 0 Å². The van der Waals surface area contributed by atoms with Gasteiger partial charge >= 0.3 is 5.97 Å². The SMILES string of the molecule is CCOC(=O)c1ccc(Oc2c(C)cc3c(c2C)CCC(C)(CCCC(C)CCCC(C)CCCC(C)C)O3)cc1. The van der Waals surface area contributed by atoms with Crippen molar-refractivity contribution in [3.8, 4) is 17.2 Å². The first-order valence-corrected chi connectivity index (χ1v) is 16.3. The summed E-state index contributed by atoms with van der Waals surface area (Å²) in [7, 11) is 0. The predicted octanol–water partition coefficient (Wildman–Crippen LogP) is 10.8. The molecule has 4 nitrogen and oxygen atoms in total. The largest absolute Gasteiger partial charge is 0.487 e. The van der Waals surface area contributed by atoms with Crippen LogP contribution in [-0.2, 0) is 11.2 Å². The number of hydrogen-bond acceptors (Lipinski definition) is 4. The summed E-state index contributed by atoms with van der Waals surface area (Å²) in [6.07, 6.45) is 13.9. The minimum atomic E-state index is -0.313. The minimum Gasteiger partial charge on any atom is -0.487 e. The number of ether oxygens (including phenoxy) is 3. The number of carbonyl (C=O) groups excluding carboxylic acids is 1. The zero-order valence-corrected chi connectivity index (χ0v) is 27.2.